The Morgan fingerprint density at radius 2 is 2.13 bits per heavy atom. The number of nitrogens with one attached hydrogen (secondary N) is 1. The van der Waals surface area contributed by atoms with Crippen LogP contribution in [-0.4, -0.2) is 35.5 Å². The molecule has 2 heterocycles. The van der Waals surface area contributed by atoms with Crippen LogP contribution in [0.5, 0.6) is 5.75 Å². The molecule has 0 atom stereocenters. The van der Waals surface area contributed by atoms with E-state index in [-0.39, 0.29) is 5.91 Å². The van der Waals surface area contributed by atoms with Gasteiger partial charge in [-0.3, -0.25) is 4.79 Å². The van der Waals surface area contributed by atoms with Crippen molar-refractivity contribution in [2.24, 2.45) is 0 Å². The Hall–Kier alpha value is -2.98. The van der Waals surface area contributed by atoms with Gasteiger partial charge in [-0.25, -0.2) is 0 Å². The molecule has 5 heteroatoms. The summed E-state index contributed by atoms with van der Waals surface area (Å²) in [6.07, 6.45) is 9.40. The Kier molecular flexibility index (Phi) is 6.24. The van der Waals surface area contributed by atoms with E-state index >= 15 is 0 Å². The average molecular weight is 421 g/mol. The van der Waals surface area contributed by atoms with E-state index in [1.165, 1.54) is 5.57 Å². The summed E-state index contributed by atoms with van der Waals surface area (Å²) in [5, 5.41) is 1.85. The second-order valence-electron chi connectivity index (χ2n) is 7.38. The quantitative estimate of drug-likeness (QED) is 0.501. The number of halogens is 1. The Balaban J connectivity index is 1.45. The number of amides is 1. The molecule has 1 N–H and O–H groups in total. The van der Waals surface area contributed by atoms with E-state index in [1.807, 2.05) is 59.6 Å². The van der Waals surface area contributed by atoms with Crippen LogP contribution in [0.15, 0.2) is 60.8 Å². The van der Waals surface area contributed by atoms with Crippen LogP contribution in [0.4, 0.5) is 0 Å². The van der Waals surface area contributed by atoms with Gasteiger partial charge in [0, 0.05) is 52.4 Å². The van der Waals surface area contributed by atoms with Crippen molar-refractivity contribution < 1.29 is 9.53 Å². The highest BCUT2D eigenvalue weighted by Crippen LogP contribution is 2.31. The Morgan fingerprint density at radius 1 is 1.27 bits per heavy atom. The predicted octanol–water partition coefficient (Wildman–Crippen LogP) is 5.94. The van der Waals surface area contributed by atoms with Gasteiger partial charge in [-0.1, -0.05) is 42.8 Å². The largest absolute Gasteiger partial charge is 0.493 e. The number of H-pyrrole nitrogens is 1. The minimum absolute atomic E-state index is 0.0116. The molecule has 0 aliphatic carbocycles. The van der Waals surface area contributed by atoms with Gasteiger partial charge in [-0.2, -0.15) is 0 Å². The monoisotopic (exact) mass is 420 g/mol. The van der Waals surface area contributed by atoms with Gasteiger partial charge in [0.15, 0.2) is 0 Å². The Bertz CT molecular complexity index is 1110. The molecule has 4 rings (SSSR count). The van der Waals surface area contributed by atoms with Crippen molar-refractivity contribution in [3.63, 3.8) is 0 Å². The zero-order valence-electron chi connectivity index (χ0n) is 17.0. The number of hydrogen-bond donors (Lipinski definition) is 1. The molecule has 1 amide bonds. The first-order chi connectivity index (χ1) is 14.7. The maximum atomic E-state index is 12.7. The highest BCUT2D eigenvalue weighted by atomic mass is 35.5. The SMILES string of the molecule is CCCOc1ccccc1/C=C/C(=O)N1CC=C(c2c[nH]c3ccc(Cl)cc23)CC1. The summed E-state index contributed by atoms with van der Waals surface area (Å²) in [5.41, 5.74) is 4.40. The van der Waals surface area contributed by atoms with Crippen molar-refractivity contribution in [3.8, 4) is 5.75 Å². The van der Waals surface area contributed by atoms with Crippen LogP contribution in [0.1, 0.15) is 30.9 Å². The van der Waals surface area contributed by atoms with Gasteiger partial charge in [0.2, 0.25) is 5.91 Å². The van der Waals surface area contributed by atoms with E-state index in [4.69, 9.17) is 16.3 Å². The second-order valence-corrected chi connectivity index (χ2v) is 7.81. The number of aromatic amines is 1. The van der Waals surface area contributed by atoms with Crippen molar-refractivity contribution >= 4 is 40.1 Å². The van der Waals surface area contributed by atoms with Crippen molar-refractivity contribution in [3.05, 3.63) is 77.0 Å². The molecule has 0 saturated carbocycles. The summed E-state index contributed by atoms with van der Waals surface area (Å²) in [5.74, 6) is 0.819. The van der Waals surface area contributed by atoms with Gasteiger partial charge in [-0.05, 0) is 48.8 Å². The molecule has 0 unspecified atom stereocenters. The number of ether oxygens (including phenoxy) is 1. The van der Waals surface area contributed by atoms with Crippen molar-refractivity contribution in [1.29, 1.82) is 0 Å². The van der Waals surface area contributed by atoms with Crippen LogP contribution in [0.3, 0.4) is 0 Å². The number of nitrogens with zero attached hydrogens (tertiary/aromatic N) is 1. The molecule has 0 spiro atoms. The number of fused-ring (bicyclic) bond motifs is 1. The lowest BCUT2D eigenvalue weighted by molar-refractivity contribution is -0.125. The van der Waals surface area contributed by atoms with Gasteiger partial charge in [0.05, 0.1) is 6.61 Å². The zero-order valence-corrected chi connectivity index (χ0v) is 17.8. The van der Waals surface area contributed by atoms with Crippen LogP contribution >= 0.6 is 11.6 Å². The van der Waals surface area contributed by atoms with Gasteiger partial charge >= 0.3 is 0 Å². The molecule has 4 nitrogen and oxygen atoms in total. The van der Waals surface area contributed by atoms with Gasteiger partial charge < -0.3 is 14.6 Å². The molecular formula is C25H25ClN2O2. The fourth-order valence-electron chi connectivity index (χ4n) is 3.70. The van der Waals surface area contributed by atoms with Crippen LogP contribution < -0.4 is 4.74 Å². The number of para-hydroxylation sites is 1. The lowest BCUT2D eigenvalue weighted by Gasteiger charge is -2.25. The first-order valence-corrected chi connectivity index (χ1v) is 10.7. The molecule has 1 aliphatic heterocycles. The van der Waals surface area contributed by atoms with E-state index in [9.17, 15) is 4.79 Å². The van der Waals surface area contributed by atoms with Crippen LogP contribution in [0.25, 0.3) is 22.6 Å². The maximum Gasteiger partial charge on any atom is 0.246 e. The molecule has 0 fully saturated rings. The predicted molar refractivity (Wildman–Crippen MR) is 124 cm³/mol. The lowest BCUT2D eigenvalue weighted by Crippen LogP contribution is -2.33. The summed E-state index contributed by atoms with van der Waals surface area (Å²) < 4.78 is 5.76. The third-order valence-corrected chi connectivity index (χ3v) is 5.53. The number of carbonyl (C=O) groups excluding carboxylic acids is 1. The highest BCUT2D eigenvalue weighted by Gasteiger charge is 2.18. The summed E-state index contributed by atoms with van der Waals surface area (Å²) >= 11 is 6.17. The normalized spacial score (nSPS) is 14.3. The van der Waals surface area contributed by atoms with Crippen LogP contribution in [0.2, 0.25) is 5.02 Å². The van der Waals surface area contributed by atoms with E-state index in [2.05, 4.69) is 18.0 Å². The molecule has 0 bridgehead atoms. The van der Waals surface area contributed by atoms with Crippen LogP contribution in [-0.2, 0) is 4.79 Å². The third kappa shape index (κ3) is 4.44. The summed E-state index contributed by atoms with van der Waals surface area (Å²) in [4.78, 5) is 17.9. The van der Waals surface area contributed by atoms with Gasteiger partial charge in [0.1, 0.15) is 5.75 Å². The lowest BCUT2D eigenvalue weighted by atomic mass is 9.99. The smallest absolute Gasteiger partial charge is 0.246 e. The fraction of sp³-hybridized carbons (Fsp3) is 0.240. The van der Waals surface area contributed by atoms with Crippen molar-refractivity contribution in [2.45, 2.75) is 19.8 Å². The second kappa shape index (κ2) is 9.23. The Labute approximate surface area is 181 Å². The first kappa shape index (κ1) is 20.3. The van der Waals surface area contributed by atoms with E-state index < -0.39 is 0 Å². The van der Waals surface area contributed by atoms with E-state index in [0.29, 0.717) is 19.7 Å². The molecule has 3 aromatic rings. The molecule has 1 aliphatic rings. The molecule has 30 heavy (non-hydrogen) atoms. The summed E-state index contributed by atoms with van der Waals surface area (Å²) in [6.45, 7) is 4.03. The highest BCUT2D eigenvalue weighted by molar-refractivity contribution is 6.31. The standard InChI is InChI=1S/C25H25ClN2O2/c1-2-15-30-24-6-4-3-5-19(24)7-10-25(29)28-13-11-18(12-14-28)22-17-27-23-9-8-20(26)16-21(22)23/h3-11,16-17,27H,2,12-15H2,1H3/b10-7+. The first-order valence-electron chi connectivity index (χ1n) is 10.3. The fourth-order valence-corrected chi connectivity index (χ4v) is 3.87. The summed E-state index contributed by atoms with van der Waals surface area (Å²) in [6, 6.07) is 13.7. The maximum absolute atomic E-state index is 12.7. The molecule has 2 aromatic carbocycles. The molecule has 1 aromatic heterocycles. The van der Waals surface area contributed by atoms with E-state index in [0.717, 1.165) is 45.6 Å². The average Bonchev–Trinajstić information content (AvgIpc) is 3.19. The molecule has 0 saturated heterocycles. The van der Waals surface area contributed by atoms with Gasteiger partial charge in [-0.15, -0.1) is 0 Å². The third-order valence-electron chi connectivity index (χ3n) is 5.30. The topological polar surface area (TPSA) is 45.3 Å². The Morgan fingerprint density at radius 3 is 2.93 bits per heavy atom. The van der Waals surface area contributed by atoms with Gasteiger partial charge in [0.25, 0.3) is 0 Å². The molecular weight excluding hydrogens is 396 g/mol. The number of aromatic nitrogens is 1. The number of hydrogen-bond acceptors (Lipinski definition) is 2. The zero-order chi connectivity index (χ0) is 20.9. The van der Waals surface area contributed by atoms with Crippen molar-refractivity contribution in [1.82, 2.24) is 9.88 Å². The minimum atomic E-state index is 0.0116. The number of carbonyl (C=O) groups is 1. The van der Waals surface area contributed by atoms with Crippen molar-refractivity contribution in [2.75, 3.05) is 19.7 Å². The molecule has 154 valence electrons. The number of rotatable bonds is 6. The van der Waals surface area contributed by atoms with E-state index in [1.54, 1.807) is 6.08 Å². The summed E-state index contributed by atoms with van der Waals surface area (Å²) in [7, 11) is 0. The van der Waals surface area contributed by atoms with Crippen LogP contribution in [0, 0.1) is 0 Å². The molecule has 0 radical (unpaired) electrons. The number of benzene rings is 2. The minimum Gasteiger partial charge on any atom is -0.493 e.